The molecule has 3 heterocycles. The van der Waals surface area contributed by atoms with Crippen molar-refractivity contribution in [1.82, 2.24) is 19.5 Å². The lowest BCUT2D eigenvalue weighted by Crippen LogP contribution is -2.44. The summed E-state index contributed by atoms with van der Waals surface area (Å²) in [6.45, 7) is 2.58. The van der Waals surface area contributed by atoms with Crippen LogP contribution in [0.1, 0.15) is 19.0 Å². The van der Waals surface area contributed by atoms with Gasteiger partial charge in [-0.05, 0) is 13.8 Å². The fourth-order valence-electron chi connectivity index (χ4n) is 2.60. The number of aliphatic hydroxyl groups is 3. The molecule has 0 aliphatic carbocycles. The number of aromatic amines is 1. The number of hydrogen-bond donors (Lipinski definition) is 4. The van der Waals surface area contributed by atoms with Crippen LogP contribution in [0.25, 0.3) is 11.2 Å². The van der Waals surface area contributed by atoms with Gasteiger partial charge in [0.2, 0.25) is 0 Å². The monoisotopic (exact) mass is 296 g/mol. The van der Waals surface area contributed by atoms with Gasteiger partial charge in [-0.25, -0.2) is 9.97 Å². The van der Waals surface area contributed by atoms with Gasteiger partial charge < -0.3 is 25.0 Å². The highest BCUT2D eigenvalue weighted by Crippen LogP contribution is 2.38. The zero-order valence-corrected chi connectivity index (χ0v) is 11.5. The number of imidazole rings is 1. The highest BCUT2D eigenvalue weighted by molar-refractivity contribution is 5.69. The number of H-pyrrole nitrogens is 1. The van der Waals surface area contributed by atoms with Crippen LogP contribution < -0.4 is 5.56 Å². The second-order valence-electron chi connectivity index (χ2n) is 5.36. The Balaban J connectivity index is 2.15. The van der Waals surface area contributed by atoms with E-state index in [4.69, 9.17) is 4.74 Å². The maximum absolute atomic E-state index is 11.8. The lowest BCUT2D eigenvalue weighted by molar-refractivity contribution is -0.0950. The first-order valence-electron chi connectivity index (χ1n) is 6.46. The SMILES string of the molecule is Cc1nc2c(ncn2[C@@H]2O[C@H](CO)C(O)[C@]2(C)O)c(=O)[nH]1. The highest BCUT2D eigenvalue weighted by atomic mass is 16.6. The van der Waals surface area contributed by atoms with Gasteiger partial charge >= 0.3 is 0 Å². The topological polar surface area (TPSA) is 133 Å². The Bertz CT molecular complexity index is 737. The van der Waals surface area contributed by atoms with Crippen LogP contribution in [0.2, 0.25) is 0 Å². The number of fused-ring (bicyclic) bond motifs is 1. The normalized spacial score (nSPS) is 32.9. The Morgan fingerprint density at radius 3 is 2.90 bits per heavy atom. The average molecular weight is 296 g/mol. The minimum atomic E-state index is -1.65. The Hall–Kier alpha value is -1.81. The summed E-state index contributed by atoms with van der Waals surface area (Å²) in [7, 11) is 0. The molecule has 2 aromatic heterocycles. The van der Waals surface area contributed by atoms with Crippen LogP contribution in [-0.2, 0) is 4.74 Å². The van der Waals surface area contributed by atoms with E-state index in [1.54, 1.807) is 6.92 Å². The van der Waals surface area contributed by atoms with Crippen LogP contribution >= 0.6 is 0 Å². The molecule has 114 valence electrons. The molecule has 3 rings (SSSR count). The van der Waals surface area contributed by atoms with Crippen molar-refractivity contribution in [2.24, 2.45) is 0 Å². The molecule has 0 bridgehead atoms. The van der Waals surface area contributed by atoms with Crippen LogP contribution in [-0.4, -0.2) is 59.3 Å². The zero-order valence-electron chi connectivity index (χ0n) is 11.5. The van der Waals surface area contributed by atoms with Gasteiger partial charge in [0.15, 0.2) is 17.4 Å². The Morgan fingerprint density at radius 1 is 1.57 bits per heavy atom. The first kappa shape index (κ1) is 14.1. The van der Waals surface area contributed by atoms with Crippen LogP contribution in [0.3, 0.4) is 0 Å². The average Bonchev–Trinajstić information content (AvgIpc) is 2.91. The van der Waals surface area contributed by atoms with E-state index in [1.807, 2.05) is 0 Å². The lowest BCUT2D eigenvalue weighted by atomic mass is 9.96. The molecule has 0 spiro atoms. The highest BCUT2D eigenvalue weighted by Gasteiger charge is 2.53. The minimum Gasteiger partial charge on any atom is -0.394 e. The summed E-state index contributed by atoms with van der Waals surface area (Å²) in [5.41, 5.74) is -1.69. The number of nitrogens with one attached hydrogen (secondary N) is 1. The predicted octanol–water partition coefficient (Wildman–Crippen LogP) is -1.57. The van der Waals surface area contributed by atoms with Gasteiger partial charge in [0.25, 0.3) is 5.56 Å². The first-order valence-corrected chi connectivity index (χ1v) is 6.46. The van der Waals surface area contributed by atoms with Crippen molar-refractivity contribution >= 4 is 11.2 Å². The van der Waals surface area contributed by atoms with Gasteiger partial charge in [-0.1, -0.05) is 0 Å². The summed E-state index contributed by atoms with van der Waals surface area (Å²) in [4.78, 5) is 22.5. The van der Waals surface area contributed by atoms with Crippen molar-refractivity contribution in [3.63, 3.8) is 0 Å². The van der Waals surface area contributed by atoms with Crippen LogP contribution in [0.5, 0.6) is 0 Å². The third-order valence-corrected chi connectivity index (χ3v) is 3.74. The maximum Gasteiger partial charge on any atom is 0.279 e. The molecule has 1 saturated heterocycles. The predicted molar refractivity (Wildman–Crippen MR) is 70.5 cm³/mol. The molecule has 4 N–H and O–H groups in total. The molecule has 9 heteroatoms. The quantitative estimate of drug-likeness (QED) is 0.526. The smallest absolute Gasteiger partial charge is 0.279 e. The number of ether oxygens (including phenoxy) is 1. The molecular weight excluding hydrogens is 280 g/mol. The second kappa shape index (κ2) is 4.60. The van der Waals surface area contributed by atoms with Crippen molar-refractivity contribution in [2.75, 3.05) is 6.61 Å². The van der Waals surface area contributed by atoms with Crippen molar-refractivity contribution in [2.45, 2.75) is 37.9 Å². The van der Waals surface area contributed by atoms with Gasteiger partial charge in [0.1, 0.15) is 23.6 Å². The number of rotatable bonds is 2. The summed E-state index contributed by atoms with van der Waals surface area (Å²) in [6.07, 6.45) is -1.89. The van der Waals surface area contributed by atoms with E-state index < -0.39 is 36.2 Å². The van der Waals surface area contributed by atoms with E-state index >= 15 is 0 Å². The fourth-order valence-corrected chi connectivity index (χ4v) is 2.60. The van der Waals surface area contributed by atoms with Crippen LogP contribution in [0, 0.1) is 6.92 Å². The molecule has 0 aromatic carbocycles. The maximum atomic E-state index is 11.8. The third kappa shape index (κ3) is 1.97. The molecule has 1 unspecified atom stereocenters. The largest absolute Gasteiger partial charge is 0.394 e. The number of nitrogens with zero attached hydrogens (tertiary/aromatic N) is 3. The molecule has 0 radical (unpaired) electrons. The number of hydrogen-bond acceptors (Lipinski definition) is 7. The molecule has 1 aliphatic rings. The van der Waals surface area contributed by atoms with E-state index in [9.17, 15) is 20.1 Å². The molecule has 1 aliphatic heterocycles. The summed E-state index contributed by atoms with van der Waals surface area (Å²) in [5, 5.41) is 29.6. The van der Waals surface area contributed by atoms with Crippen molar-refractivity contribution in [3.8, 4) is 0 Å². The summed E-state index contributed by atoms with van der Waals surface area (Å²) >= 11 is 0. The van der Waals surface area contributed by atoms with Crippen molar-refractivity contribution < 1.29 is 20.1 Å². The molecule has 21 heavy (non-hydrogen) atoms. The lowest BCUT2D eigenvalue weighted by Gasteiger charge is -2.27. The van der Waals surface area contributed by atoms with Crippen LogP contribution in [0.4, 0.5) is 0 Å². The Labute approximate surface area is 118 Å². The van der Waals surface area contributed by atoms with Crippen molar-refractivity contribution in [3.05, 3.63) is 22.5 Å². The van der Waals surface area contributed by atoms with E-state index in [2.05, 4.69) is 15.0 Å². The van der Waals surface area contributed by atoms with E-state index in [-0.39, 0.29) is 11.2 Å². The molecule has 0 saturated carbocycles. The summed E-state index contributed by atoms with van der Waals surface area (Å²) in [6, 6.07) is 0. The number of aromatic nitrogens is 4. The number of aryl methyl sites for hydroxylation is 1. The Kier molecular flexibility index (Phi) is 3.10. The molecule has 2 aromatic rings. The summed E-state index contributed by atoms with van der Waals surface area (Å²) < 4.78 is 6.88. The van der Waals surface area contributed by atoms with Gasteiger partial charge in [-0.15, -0.1) is 0 Å². The molecule has 0 amide bonds. The van der Waals surface area contributed by atoms with Crippen molar-refractivity contribution in [1.29, 1.82) is 0 Å². The minimum absolute atomic E-state index is 0.113. The zero-order chi connectivity index (χ0) is 15.4. The standard InChI is InChI=1S/C12H16N4O5/c1-5-14-9-7(10(19)15-5)13-4-16(9)11-12(2,20)8(18)6(3-17)21-11/h4,6,8,11,17-18,20H,3H2,1-2H3,(H,14,15,19)/t6-,8?,11-,12+/m1/s1. The third-order valence-electron chi connectivity index (χ3n) is 3.74. The van der Waals surface area contributed by atoms with Gasteiger partial charge in [0.05, 0.1) is 12.9 Å². The molecule has 4 atom stereocenters. The second-order valence-corrected chi connectivity index (χ2v) is 5.36. The fraction of sp³-hybridized carbons (Fsp3) is 0.583. The van der Waals surface area contributed by atoms with Gasteiger partial charge in [-0.3, -0.25) is 9.36 Å². The molecule has 1 fully saturated rings. The number of aliphatic hydroxyl groups excluding tert-OH is 2. The molecule has 9 nitrogen and oxygen atoms in total. The van der Waals surface area contributed by atoms with Gasteiger partial charge in [-0.2, -0.15) is 0 Å². The Morgan fingerprint density at radius 2 is 2.29 bits per heavy atom. The first-order chi connectivity index (χ1) is 9.86. The molecular formula is C12H16N4O5. The summed E-state index contributed by atoms with van der Waals surface area (Å²) in [5.74, 6) is 0.395. The van der Waals surface area contributed by atoms with E-state index in [0.717, 1.165) is 0 Å². The van der Waals surface area contributed by atoms with Crippen LogP contribution in [0.15, 0.2) is 11.1 Å². The van der Waals surface area contributed by atoms with E-state index in [0.29, 0.717) is 5.82 Å². The van der Waals surface area contributed by atoms with Gasteiger partial charge in [0, 0.05) is 0 Å². The van der Waals surface area contributed by atoms with E-state index in [1.165, 1.54) is 17.8 Å².